The molecule has 0 heterocycles. The number of aliphatic hydroxyl groups excluding tert-OH is 1. The van der Waals surface area contributed by atoms with Crippen LogP contribution < -0.4 is 4.72 Å². The highest BCUT2D eigenvalue weighted by molar-refractivity contribution is 7.89. The van der Waals surface area contributed by atoms with Gasteiger partial charge in [-0.05, 0) is 41.8 Å². The van der Waals surface area contributed by atoms with Crippen molar-refractivity contribution in [3.8, 4) is 0 Å². The summed E-state index contributed by atoms with van der Waals surface area (Å²) < 4.78 is 26.8. The van der Waals surface area contributed by atoms with E-state index in [0.29, 0.717) is 10.6 Å². The number of aryl methyl sites for hydroxylation is 1. The van der Waals surface area contributed by atoms with Gasteiger partial charge < -0.3 is 5.11 Å². The van der Waals surface area contributed by atoms with Gasteiger partial charge in [-0.25, -0.2) is 13.1 Å². The summed E-state index contributed by atoms with van der Waals surface area (Å²) >= 11 is 5.78. The minimum absolute atomic E-state index is 0.0977. The highest BCUT2D eigenvalue weighted by Crippen LogP contribution is 2.17. The third-order valence-electron chi connectivity index (χ3n) is 3.36. The van der Waals surface area contributed by atoms with Gasteiger partial charge in [0.15, 0.2) is 0 Å². The summed E-state index contributed by atoms with van der Waals surface area (Å²) in [7, 11) is -3.63. The Morgan fingerprint density at radius 2 is 1.68 bits per heavy atom. The highest BCUT2D eigenvalue weighted by Gasteiger charge is 2.16. The van der Waals surface area contributed by atoms with Gasteiger partial charge in [0.2, 0.25) is 10.0 Å². The molecule has 1 atom stereocenters. The molecule has 4 nitrogen and oxygen atoms in total. The van der Waals surface area contributed by atoms with E-state index in [1.807, 2.05) is 6.92 Å². The van der Waals surface area contributed by atoms with Crippen molar-refractivity contribution in [2.75, 3.05) is 6.54 Å². The van der Waals surface area contributed by atoms with Gasteiger partial charge in [-0.3, -0.25) is 0 Å². The van der Waals surface area contributed by atoms with E-state index in [2.05, 4.69) is 4.72 Å². The summed E-state index contributed by atoms with van der Waals surface area (Å²) in [6.07, 6.45) is -0.0785. The van der Waals surface area contributed by atoms with Gasteiger partial charge in [-0.2, -0.15) is 0 Å². The fraction of sp³-hybridized carbons (Fsp3) is 0.250. The van der Waals surface area contributed by atoms with Crippen molar-refractivity contribution in [2.24, 2.45) is 0 Å². The largest absolute Gasteiger partial charge is 0.387 e. The molecule has 118 valence electrons. The lowest BCUT2D eigenvalue weighted by Crippen LogP contribution is -2.28. The molecule has 0 aliphatic heterocycles. The summed E-state index contributed by atoms with van der Waals surface area (Å²) in [5, 5.41) is 10.6. The Hall–Kier alpha value is -1.40. The quantitative estimate of drug-likeness (QED) is 0.850. The Morgan fingerprint density at radius 1 is 1.09 bits per heavy atom. The van der Waals surface area contributed by atoms with E-state index in [-0.39, 0.29) is 11.4 Å². The maximum Gasteiger partial charge on any atom is 0.240 e. The SMILES string of the molecule is CCc1ccc(S(=O)(=O)NCC(O)c2ccc(Cl)cc2)cc1. The molecule has 0 aliphatic rings. The van der Waals surface area contributed by atoms with E-state index >= 15 is 0 Å². The van der Waals surface area contributed by atoms with Crippen molar-refractivity contribution < 1.29 is 13.5 Å². The summed E-state index contributed by atoms with van der Waals surface area (Å²) in [4.78, 5) is 0.188. The molecule has 0 amide bonds. The molecule has 0 saturated carbocycles. The maximum absolute atomic E-state index is 12.2. The van der Waals surface area contributed by atoms with Crippen molar-refractivity contribution in [3.63, 3.8) is 0 Å². The third-order valence-corrected chi connectivity index (χ3v) is 5.05. The van der Waals surface area contributed by atoms with E-state index in [0.717, 1.165) is 12.0 Å². The van der Waals surface area contributed by atoms with Crippen LogP contribution in [0.1, 0.15) is 24.2 Å². The van der Waals surface area contributed by atoms with Gasteiger partial charge in [-0.1, -0.05) is 42.8 Å². The third kappa shape index (κ3) is 4.30. The van der Waals surface area contributed by atoms with Crippen LogP contribution >= 0.6 is 11.6 Å². The molecule has 0 aliphatic carbocycles. The van der Waals surface area contributed by atoms with Crippen LogP contribution in [0.2, 0.25) is 5.02 Å². The zero-order chi connectivity index (χ0) is 16.2. The van der Waals surface area contributed by atoms with Crippen molar-refractivity contribution >= 4 is 21.6 Å². The van der Waals surface area contributed by atoms with Crippen molar-refractivity contribution in [3.05, 3.63) is 64.7 Å². The van der Waals surface area contributed by atoms with Crippen LogP contribution in [0.3, 0.4) is 0 Å². The Balaban J connectivity index is 2.03. The first-order valence-electron chi connectivity index (χ1n) is 6.94. The molecule has 1 unspecified atom stereocenters. The Bertz CT molecular complexity index is 712. The van der Waals surface area contributed by atoms with Crippen LogP contribution in [0.5, 0.6) is 0 Å². The van der Waals surface area contributed by atoms with Crippen LogP contribution in [0.4, 0.5) is 0 Å². The molecule has 0 aromatic heterocycles. The van der Waals surface area contributed by atoms with Crippen molar-refractivity contribution in [1.82, 2.24) is 4.72 Å². The molecule has 0 spiro atoms. The summed E-state index contributed by atoms with van der Waals surface area (Å²) in [6, 6.07) is 13.3. The Morgan fingerprint density at radius 3 is 2.23 bits per heavy atom. The second-order valence-electron chi connectivity index (χ2n) is 4.92. The number of sulfonamides is 1. The number of benzene rings is 2. The van der Waals surface area contributed by atoms with E-state index < -0.39 is 16.1 Å². The Kier molecular flexibility index (Phi) is 5.58. The number of aliphatic hydroxyl groups is 1. The molecule has 0 fully saturated rings. The molecule has 2 aromatic rings. The van der Waals surface area contributed by atoms with E-state index in [4.69, 9.17) is 11.6 Å². The van der Waals surface area contributed by atoms with Crippen LogP contribution in [0, 0.1) is 0 Å². The Labute approximate surface area is 135 Å². The molecule has 0 radical (unpaired) electrons. The van der Waals surface area contributed by atoms with Crippen LogP contribution in [0.15, 0.2) is 53.4 Å². The second-order valence-corrected chi connectivity index (χ2v) is 7.12. The second kappa shape index (κ2) is 7.24. The predicted octanol–water partition coefficient (Wildman–Crippen LogP) is 2.91. The topological polar surface area (TPSA) is 66.4 Å². The fourth-order valence-corrected chi connectivity index (χ4v) is 3.14. The molecule has 0 bridgehead atoms. The first-order valence-corrected chi connectivity index (χ1v) is 8.80. The zero-order valence-corrected chi connectivity index (χ0v) is 13.7. The number of halogens is 1. The summed E-state index contributed by atoms with van der Waals surface area (Å²) in [6.45, 7) is 1.91. The zero-order valence-electron chi connectivity index (χ0n) is 12.2. The molecular formula is C16H18ClNO3S. The lowest BCUT2D eigenvalue weighted by molar-refractivity contribution is 0.182. The lowest BCUT2D eigenvalue weighted by Gasteiger charge is -2.13. The highest BCUT2D eigenvalue weighted by atomic mass is 35.5. The molecule has 2 N–H and O–H groups in total. The first-order chi connectivity index (χ1) is 10.4. The summed E-state index contributed by atoms with van der Waals surface area (Å²) in [5.41, 5.74) is 1.67. The molecule has 2 aromatic carbocycles. The fourth-order valence-electron chi connectivity index (χ4n) is 1.98. The molecule has 2 rings (SSSR count). The first kappa shape index (κ1) is 17.0. The van der Waals surface area contributed by atoms with Gasteiger partial charge in [0, 0.05) is 11.6 Å². The molecule has 0 saturated heterocycles. The smallest absolute Gasteiger partial charge is 0.240 e. The summed E-state index contributed by atoms with van der Waals surface area (Å²) in [5.74, 6) is 0. The normalized spacial score (nSPS) is 13.0. The average molecular weight is 340 g/mol. The minimum Gasteiger partial charge on any atom is -0.387 e. The molecule has 22 heavy (non-hydrogen) atoms. The molecule has 6 heteroatoms. The van der Waals surface area contributed by atoms with Crippen molar-refractivity contribution in [2.45, 2.75) is 24.3 Å². The van der Waals surface area contributed by atoms with Gasteiger partial charge in [-0.15, -0.1) is 0 Å². The monoisotopic (exact) mass is 339 g/mol. The standard InChI is InChI=1S/C16H18ClNO3S/c1-2-12-3-9-15(10-4-12)22(20,21)18-11-16(19)13-5-7-14(17)8-6-13/h3-10,16,18-19H,2,11H2,1H3. The van der Waals surface area contributed by atoms with Gasteiger partial charge in [0.1, 0.15) is 0 Å². The number of rotatable bonds is 6. The predicted molar refractivity (Wildman–Crippen MR) is 87.4 cm³/mol. The number of hydrogen-bond acceptors (Lipinski definition) is 3. The van der Waals surface area contributed by atoms with Crippen LogP contribution in [0.25, 0.3) is 0 Å². The van der Waals surface area contributed by atoms with Gasteiger partial charge in [0.05, 0.1) is 11.0 Å². The molecular weight excluding hydrogens is 322 g/mol. The lowest BCUT2D eigenvalue weighted by atomic mass is 10.1. The average Bonchev–Trinajstić information content (AvgIpc) is 2.53. The van der Waals surface area contributed by atoms with Gasteiger partial charge in [0.25, 0.3) is 0 Å². The van der Waals surface area contributed by atoms with E-state index in [1.54, 1.807) is 48.5 Å². The van der Waals surface area contributed by atoms with Crippen LogP contribution in [-0.4, -0.2) is 20.1 Å². The van der Waals surface area contributed by atoms with Crippen LogP contribution in [-0.2, 0) is 16.4 Å². The van der Waals surface area contributed by atoms with E-state index in [9.17, 15) is 13.5 Å². The van der Waals surface area contributed by atoms with Crippen molar-refractivity contribution in [1.29, 1.82) is 0 Å². The minimum atomic E-state index is -3.63. The number of hydrogen-bond donors (Lipinski definition) is 2. The van der Waals surface area contributed by atoms with Gasteiger partial charge >= 0.3 is 0 Å². The maximum atomic E-state index is 12.2. The van der Waals surface area contributed by atoms with E-state index in [1.165, 1.54) is 0 Å². The number of nitrogens with one attached hydrogen (secondary N) is 1.